The minimum absolute atomic E-state index is 0.0997. The molecular weight excluding hydrogens is 354 g/mol. The van der Waals surface area contributed by atoms with Gasteiger partial charge in [0.15, 0.2) is 0 Å². The highest BCUT2D eigenvalue weighted by molar-refractivity contribution is 6.33. The zero-order valence-corrected chi connectivity index (χ0v) is 15.2. The van der Waals surface area contributed by atoms with Gasteiger partial charge >= 0.3 is 5.97 Å². The lowest BCUT2D eigenvalue weighted by atomic mass is 10.2. The van der Waals surface area contributed by atoms with E-state index in [1.54, 1.807) is 12.1 Å². The van der Waals surface area contributed by atoms with E-state index in [0.717, 1.165) is 16.9 Å². The molecule has 26 heavy (non-hydrogen) atoms. The first-order valence-corrected chi connectivity index (χ1v) is 8.53. The Bertz CT molecular complexity index is 981. The van der Waals surface area contributed by atoms with Crippen LogP contribution in [0, 0.1) is 0 Å². The first-order valence-electron chi connectivity index (χ1n) is 8.15. The van der Waals surface area contributed by atoms with Crippen LogP contribution in [0.3, 0.4) is 0 Å². The Kier molecular flexibility index (Phi) is 5.23. The molecule has 3 rings (SSSR count). The largest absolute Gasteiger partial charge is 0.465 e. The fraction of sp³-hybridized carbons (Fsp3) is 0.211. The summed E-state index contributed by atoms with van der Waals surface area (Å²) in [5, 5.41) is 3.10. The Morgan fingerprint density at radius 3 is 2.73 bits per heavy atom. The highest BCUT2D eigenvalue weighted by Gasteiger charge is 2.15. The number of carbonyl (C=O) groups excluding carboxylic acids is 2. The lowest BCUT2D eigenvalue weighted by Crippen LogP contribution is -2.20. The van der Waals surface area contributed by atoms with Crippen molar-refractivity contribution >= 4 is 40.2 Å². The molecule has 0 atom stereocenters. The van der Waals surface area contributed by atoms with E-state index in [-0.39, 0.29) is 12.5 Å². The maximum Gasteiger partial charge on any atom is 0.337 e. The summed E-state index contributed by atoms with van der Waals surface area (Å²) >= 11 is 6.14. The molecule has 2 aromatic carbocycles. The van der Waals surface area contributed by atoms with Crippen molar-refractivity contribution in [1.29, 1.82) is 0 Å². The minimum Gasteiger partial charge on any atom is -0.465 e. The number of hydrogen-bond acceptors (Lipinski definition) is 4. The number of ether oxygens (including phenoxy) is 1. The van der Waals surface area contributed by atoms with E-state index in [4.69, 9.17) is 16.3 Å². The monoisotopic (exact) mass is 371 g/mol. The molecule has 0 saturated carbocycles. The number of para-hydroxylation sites is 2. The van der Waals surface area contributed by atoms with Crippen LogP contribution in [0.1, 0.15) is 23.1 Å². The molecule has 0 fully saturated rings. The van der Waals surface area contributed by atoms with E-state index in [1.807, 2.05) is 35.8 Å². The molecule has 6 nitrogen and oxygen atoms in total. The molecule has 3 aromatic rings. The van der Waals surface area contributed by atoms with Crippen LogP contribution >= 0.6 is 11.6 Å². The SMILES string of the molecule is CCc1nc2ccccc2n1CC(=O)Nc1cc(C(=O)OC)ccc1Cl. The number of aromatic nitrogens is 2. The molecule has 1 amide bonds. The molecule has 1 aromatic heterocycles. The third-order valence-electron chi connectivity index (χ3n) is 4.01. The molecule has 0 spiro atoms. The van der Waals surface area contributed by atoms with Crippen LogP contribution in [0.4, 0.5) is 5.69 Å². The van der Waals surface area contributed by atoms with Crippen LogP contribution in [0.5, 0.6) is 0 Å². The lowest BCUT2D eigenvalue weighted by Gasteiger charge is -2.11. The first kappa shape index (κ1) is 17.9. The minimum atomic E-state index is -0.494. The van der Waals surface area contributed by atoms with Crippen LogP contribution in [-0.2, 0) is 22.5 Å². The maximum absolute atomic E-state index is 12.6. The number of hydrogen-bond donors (Lipinski definition) is 1. The Morgan fingerprint density at radius 1 is 1.23 bits per heavy atom. The summed E-state index contributed by atoms with van der Waals surface area (Å²) in [7, 11) is 1.30. The Hall–Kier alpha value is -2.86. The molecule has 0 saturated heterocycles. The Morgan fingerprint density at radius 2 is 2.00 bits per heavy atom. The molecule has 1 heterocycles. The number of rotatable bonds is 5. The van der Waals surface area contributed by atoms with Crippen LogP contribution in [0.15, 0.2) is 42.5 Å². The fourth-order valence-corrected chi connectivity index (χ4v) is 2.94. The molecule has 0 radical (unpaired) electrons. The normalized spacial score (nSPS) is 10.7. The van der Waals surface area contributed by atoms with Gasteiger partial charge in [-0.25, -0.2) is 9.78 Å². The molecule has 134 valence electrons. The number of imidazole rings is 1. The molecule has 0 aliphatic carbocycles. The van der Waals surface area contributed by atoms with Gasteiger partial charge in [-0.15, -0.1) is 0 Å². The molecule has 0 unspecified atom stereocenters. The van der Waals surface area contributed by atoms with Gasteiger partial charge in [-0.1, -0.05) is 30.7 Å². The molecular formula is C19H18ClN3O3. The van der Waals surface area contributed by atoms with Crippen molar-refractivity contribution in [3.05, 3.63) is 58.9 Å². The first-order chi connectivity index (χ1) is 12.5. The standard InChI is InChI=1S/C19H18ClN3O3/c1-3-17-21-14-6-4-5-7-16(14)23(17)11-18(24)22-15-10-12(19(25)26-2)8-9-13(15)20/h4-10H,3,11H2,1-2H3,(H,22,24). The van der Waals surface area contributed by atoms with Gasteiger partial charge in [0, 0.05) is 6.42 Å². The summed E-state index contributed by atoms with van der Waals surface area (Å²) in [6.45, 7) is 2.09. The summed E-state index contributed by atoms with van der Waals surface area (Å²) in [5.74, 6) is 0.0774. The van der Waals surface area contributed by atoms with Gasteiger partial charge in [0.2, 0.25) is 5.91 Å². The van der Waals surface area contributed by atoms with Crippen molar-refractivity contribution in [3.8, 4) is 0 Å². The number of anilines is 1. The fourth-order valence-electron chi connectivity index (χ4n) is 2.77. The summed E-state index contributed by atoms with van der Waals surface area (Å²) in [6.07, 6.45) is 0.709. The van der Waals surface area contributed by atoms with Gasteiger partial charge in [-0.05, 0) is 30.3 Å². The second-order valence-electron chi connectivity index (χ2n) is 5.69. The van der Waals surface area contributed by atoms with Crippen LogP contribution in [-0.4, -0.2) is 28.5 Å². The highest BCUT2D eigenvalue weighted by atomic mass is 35.5. The van der Waals surface area contributed by atoms with Gasteiger partial charge in [0.1, 0.15) is 12.4 Å². The van der Waals surface area contributed by atoms with E-state index in [2.05, 4.69) is 10.3 Å². The van der Waals surface area contributed by atoms with E-state index >= 15 is 0 Å². The predicted octanol–water partition coefficient (Wildman–Crippen LogP) is 3.68. The number of halogens is 1. The molecule has 0 aliphatic rings. The van der Waals surface area contributed by atoms with E-state index < -0.39 is 5.97 Å². The van der Waals surface area contributed by atoms with Crippen LogP contribution in [0.25, 0.3) is 11.0 Å². The number of methoxy groups -OCH3 is 1. The third kappa shape index (κ3) is 3.55. The Labute approximate surface area is 155 Å². The van der Waals surface area contributed by atoms with Gasteiger partial charge in [0.05, 0.1) is 34.4 Å². The summed E-state index contributed by atoms with van der Waals surface area (Å²) in [4.78, 5) is 28.8. The predicted molar refractivity (Wildman–Crippen MR) is 101 cm³/mol. The second kappa shape index (κ2) is 7.58. The van der Waals surface area contributed by atoms with E-state index in [9.17, 15) is 9.59 Å². The summed E-state index contributed by atoms with van der Waals surface area (Å²) < 4.78 is 6.57. The molecule has 7 heteroatoms. The number of nitrogens with one attached hydrogen (secondary N) is 1. The zero-order valence-electron chi connectivity index (χ0n) is 14.5. The summed E-state index contributed by atoms with van der Waals surface area (Å²) in [6, 6.07) is 12.3. The van der Waals surface area contributed by atoms with Gasteiger partial charge < -0.3 is 14.6 Å². The van der Waals surface area contributed by atoms with Crippen molar-refractivity contribution in [3.63, 3.8) is 0 Å². The average molecular weight is 372 g/mol. The number of esters is 1. The number of carbonyl (C=O) groups is 2. The molecule has 0 bridgehead atoms. The summed E-state index contributed by atoms with van der Waals surface area (Å²) in [5.41, 5.74) is 2.42. The highest BCUT2D eigenvalue weighted by Crippen LogP contribution is 2.24. The number of fused-ring (bicyclic) bond motifs is 1. The van der Waals surface area contributed by atoms with Crippen molar-refractivity contribution in [2.75, 3.05) is 12.4 Å². The Balaban J connectivity index is 1.85. The number of nitrogens with zero attached hydrogens (tertiary/aromatic N) is 2. The average Bonchev–Trinajstić information content (AvgIpc) is 3.00. The number of aryl methyl sites for hydroxylation is 1. The number of amides is 1. The van der Waals surface area contributed by atoms with Gasteiger partial charge in [0.25, 0.3) is 0 Å². The third-order valence-corrected chi connectivity index (χ3v) is 4.34. The molecule has 1 N–H and O–H groups in total. The van der Waals surface area contributed by atoms with E-state index in [0.29, 0.717) is 22.7 Å². The van der Waals surface area contributed by atoms with Crippen molar-refractivity contribution < 1.29 is 14.3 Å². The second-order valence-corrected chi connectivity index (χ2v) is 6.10. The van der Waals surface area contributed by atoms with E-state index in [1.165, 1.54) is 13.2 Å². The quantitative estimate of drug-likeness (QED) is 0.694. The number of benzene rings is 2. The smallest absolute Gasteiger partial charge is 0.337 e. The van der Waals surface area contributed by atoms with Crippen molar-refractivity contribution in [1.82, 2.24) is 9.55 Å². The topological polar surface area (TPSA) is 73.2 Å². The van der Waals surface area contributed by atoms with Crippen LogP contribution in [0.2, 0.25) is 5.02 Å². The van der Waals surface area contributed by atoms with Gasteiger partial charge in [-0.2, -0.15) is 0 Å². The lowest BCUT2D eigenvalue weighted by molar-refractivity contribution is -0.116. The van der Waals surface area contributed by atoms with Crippen molar-refractivity contribution in [2.24, 2.45) is 0 Å². The van der Waals surface area contributed by atoms with Gasteiger partial charge in [-0.3, -0.25) is 4.79 Å². The molecule has 0 aliphatic heterocycles. The van der Waals surface area contributed by atoms with Crippen LogP contribution < -0.4 is 5.32 Å². The zero-order chi connectivity index (χ0) is 18.7. The van der Waals surface area contributed by atoms with Crippen molar-refractivity contribution in [2.45, 2.75) is 19.9 Å². The maximum atomic E-state index is 12.6.